The monoisotopic (exact) mass is 518 g/mol. The number of carbonyl (C=O) groups excluding carboxylic acids is 1. The molecule has 0 spiro atoms. The van der Waals surface area contributed by atoms with Gasteiger partial charge < -0.3 is 25.4 Å². The van der Waals surface area contributed by atoms with Gasteiger partial charge in [0.1, 0.15) is 28.5 Å². The third-order valence-corrected chi connectivity index (χ3v) is 6.19. The number of nitrogens with one attached hydrogen (secondary N) is 3. The summed E-state index contributed by atoms with van der Waals surface area (Å²) in [7, 11) is 2.04. The standard InChI is InChI=1S/C26H24F2N8O2/c1-3-22(37)30-15-4-6-19(27)17(12-15)23-32-24-18(25(38)33-23)14-29-26(34-24)31-16-5-7-21(20(28)13-16)36-10-8-35(2)9-11-36/h3-7,12-14H,1,8-11H2,2H3,(H,30,37)(H2,29,31,32,33,34,38). The summed E-state index contributed by atoms with van der Waals surface area (Å²) in [4.78, 5) is 43.7. The third kappa shape index (κ3) is 5.20. The van der Waals surface area contributed by atoms with E-state index in [1.54, 1.807) is 12.1 Å². The fraction of sp³-hybridized carbons (Fsp3) is 0.192. The number of hydrogen-bond donors (Lipinski definition) is 3. The number of rotatable bonds is 6. The molecule has 194 valence electrons. The zero-order valence-corrected chi connectivity index (χ0v) is 20.5. The largest absolute Gasteiger partial charge is 0.367 e. The summed E-state index contributed by atoms with van der Waals surface area (Å²) in [6.45, 7) is 6.57. The van der Waals surface area contributed by atoms with Crippen molar-refractivity contribution in [2.24, 2.45) is 0 Å². The Morgan fingerprint density at radius 3 is 2.55 bits per heavy atom. The van der Waals surface area contributed by atoms with Crippen LogP contribution < -0.4 is 21.1 Å². The Hall–Kier alpha value is -4.71. The van der Waals surface area contributed by atoms with Crippen molar-refractivity contribution in [3.63, 3.8) is 0 Å². The Balaban J connectivity index is 1.43. The number of carbonyl (C=O) groups is 1. The van der Waals surface area contributed by atoms with Gasteiger partial charge in [-0.1, -0.05) is 6.58 Å². The summed E-state index contributed by atoms with van der Waals surface area (Å²) < 4.78 is 29.5. The predicted molar refractivity (Wildman–Crippen MR) is 142 cm³/mol. The highest BCUT2D eigenvalue weighted by Gasteiger charge is 2.18. The number of hydrogen-bond acceptors (Lipinski definition) is 8. The number of aromatic amines is 1. The predicted octanol–water partition coefficient (Wildman–Crippen LogP) is 3.28. The number of likely N-dealkylation sites (N-methyl/N-ethyl adjacent to an activating group) is 1. The molecule has 0 saturated carbocycles. The zero-order valence-electron chi connectivity index (χ0n) is 20.5. The van der Waals surface area contributed by atoms with Crippen LogP contribution in [-0.4, -0.2) is 64.0 Å². The Kier molecular flexibility index (Phi) is 6.79. The van der Waals surface area contributed by atoms with Gasteiger partial charge in [-0.25, -0.2) is 13.8 Å². The second-order valence-electron chi connectivity index (χ2n) is 8.82. The second kappa shape index (κ2) is 10.3. The highest BCUT2D eigenvalue weighted by molar-refractivity contribution is 5.99. The average molecular weight is 519 g/mol. The van der Waals surface area contributed by atoms with Crippen LogP contribution >= 0.6 is 0 Å². The first-order valence-electron chi connectivity index (χ1n) is 11.8. The number of nitrogens with zero attached hydrogens (tertiary/aromatic N) is 5. The van der Waals surface area contributed by atoms with Crippen LogP contribution in [0.15, 0.2) is 60.0 Å². The van der Waals surface area contributed by atoms with Crippen molar-refractivity contribution in [1.82, 2.24) is 24.8 Å². The molecule has 1 aliphatic rings. The van der Waals surface area contributed by atoms with Crippen molar-refractivity contribution < 1.29 is 13.6 Å². The summed E-state index contributed by atoms with van der Waals surface area (Å²) in [6.07, 6.45) is 2.36. The average Bonchev–Trinajstić information content (AvgIpc) is 2.90. The van der Waals surface area contributed by atoms with E-state index in [1.807, 2.05) is 11.9 Å². The maximum absolute atomic E-state index is 14.9. The highest BCUT2D eigenvalue weighted by atomic mass is 19.1. The molecule has 10 nitrogen and oxygen atoms in total. The van der Waals surface area contributed by atoms with E-state index in [9.17, 15) is 18.4 Å². The van der Waals surface area contributed by atoms with Crippen LogP contribution in [0.3, 0.4) is 0 Å². The van der Waals surface area contributed by atoms with Gasteiger partial charge in [-0.05, 0) is 49.5 Å². The Labute approximate surface area is 216 Å². The van der Waals surface area contributed by atoms with E-state index < -0.39 is 17.3 Å². The van der Waals surface area contributed by atoms with Crippen LogP contribution in [0.4, 0.5) is 31.8 Å². The number of aromatic nitrogens is 4. The summed E-state index contributed by atoms with van der Waals surface area (Å²) in [5, 5.41) is 5.56. The van der Waals surface area contributed by atoms with Crippen LogP contribution in [0.25, 0.3) is 22.4 Å². The van der Waals surface area contributed by atoms with Gasteiger partial charge in [-0.3, -0.25) is 9.59 Å². The molecule has 4 aromatic rings. The summed E-state index contributed by atoms with van der Waals surface area (Å²) in [5.41, 5.74) is 0.640. The van der Waals surface area contributed by atoms with Gasteiger partial charge in [0, 0.05) is 43.8 Å². The molecule has 1 fully saturated rings. The van der Waals surface area contributed by atoms with Gasteiger partial charge in [-0.2, -0.15) is 9.97 Å². The number of H-pyrrole nitrogens is 1. The minimum absolute atomic E-state index is 0.0412. The van der Waals surface area contributed by atoms with Crippen molar-refractivity contribution in [1.29, 1.82) is 0 Å². The van der Waals surface area contributed by atoms with E-state index in [0.717, 1.165) is 38.3 Å². The molecule has 12 heteroatoms. The van der Waals surface area contributed by atoms with Crippen LogP contribution in [0, 0.1) is 11.6 Å². The van der Waals surface area contributed by atoms with Gasteiger partial charge in [0.15, 0.2) is 0 Å². The Bertz CT molecular complexity index is 1600. The SMILES string of the molecule is C=CC(=O)Nc1ccc(F)c(-c2nc(=O)c3cnc(Nc4ccc(N5CCN(C)CC5)c(F)c4)nc3[nH]2)c1. The Morgan fingerprint density at radius 1 is 1.05 bits per heavy atom. The third-order valence-electron chi connectivity index (χ3n) is 6.19. The fourth-order valence-electron chi connectivity index (χ4n) is 4.12. The lowest BCUT2D eigenvalue weighted by Crippen LogP contribution is -2.44. The second-order valence-corrected chi connectivity index (χ2v) is 8.82. The van der Waals surface area contributed by atoms with E-state index in [-0.39, 0.29) is 34.2 Å². The smallest absolute Gasteiger partial charge is 0.284 e. The highest BCUT2D eigenvalue weighted by Crippen LogP contribution is 2.26. The maximum atomic E-state index is 14.9. The summed E-state index contributed by atoms with van der Waals surface area (Å²) in [5.74, 6) is -1.49. The van der Waals surface area contributed by atoms with Gasteiger partial charge in [0.2, 0.25) is 11.9 Å². The van der Waals surface area contributed by atoms with E-state index in [1.165, 1.54) is 24.4 Å². The van der Waals surface area contributed by atoms with E-state index >= 15 is 0 Å². The van der Waals surface area contributed by atoms with Crippen molar-refractivity contribution >= 4 is 40.0 Å². The molecule has 0 aliphatic carbocycles. The van der Waals surface area contributed by atoms with Crippen LogP contribution in [0.5, 0.6) is 0 Å². The minimum atomic E-state index is -0.664. The lowest BCUT2D eigenvalue weighted by Gasteiger charge is -2.34. The molecule has 2 aromatic heterocycles. The molecule has 0 radical (unpaired) electrons. The first-order chi connectivity index (χ1) is 18.3. The van der Waals surface area contributed by atoms with Crippen molar-refractivity contribution in [2.75, 3.05) is 48.8 Å². The van der Waals surface area contributed by atoms with Gasteiger partial charge in [-0.15, -0.1) is 0 Å². The number of piperazine rings is 1. The molecule has 0 bridgehead atoms. The van der Waals surface area contributed by atoms with Crippen molar-refractivity contribution in [3.05, 3.63) is 77.2 Å². The molecule has 0 atom stereocenters. The molecular weight excluding hydrogens is 494 g/mol. The van der Waals surface area contributed by atoms with Crippen molar-refractivity contribution in [3.8, 4) is 11.4 Å². The van der Waals surface area contributed by atoms with Crippen molar-refractivity contribution in [2.45, 2.75) is 0 Å². The van der Waals surface area contributed by atoms with Crippen LogP contribution in [0.1, 0.15) is 0 Å². The van der Waals surface area contributed by atoms with Crippen LogP contribution in [-0.2, 0) is 4.79 Å². The number of anilines is 4. The first-order valence-corrected chi connectivity index (χ1v) is 11.8. The zero-order chi connectivity index (χ0) is 26.8. The summed E-state index contributed by atoms with van der Waals surface area (Å²) in [6, 6.07) is 8.65. The topological polar surface area (TPSA) is 119 Å². The Morgan fingerprint density at radius 2 is 1.82 bits per heavy atom. The van der Waals surface area contributed by atoms with Gasteiger partial charge in [0.25, 0.3) is 5.56 Å². The number of halogens is 2. The normalized spacial score (nSPS) is 13.9. The molecule has 3 N–H and O–H groups in total. The fourth-order valence-corrected chi connectivity index (χ4v) is 4.12. The first kappa shape index (κ1) is 25.0. The minimum Gasteiger partial charge on any atom is -0.367 e. The maximum Gasteiger partial charge on any atom is 0.284 e. The molecule has 1 saturated heterocycles. The van der Waals surface area contributed by atoms with E-state index in [4.69, 9.17) is 0 Å². The summed E-state index contributed by atoms with van der Waals surface area (Å²) >= 11 is 0. The quantitative estimate of drug-likeness (QED) is 0.333. The van der Waals surface area contributed by atoms with E-state index in [2.05, 4.69) is 42.0 Å². The molecule has 3 heterocycles. The van der Waals surface area contributed by atoms with Gasteiger partial charge >= 0.3 is 0 Å². The molecule has 0 unspecified atom stereocenters. The molecule has 5 rings (SSSR count). The van der Waals surface area contributed by atoms with E-state index in [0.29, 0.717) is 17.1 Å². The lowest BCUT2D eigenvalue weighted by atomic mass is 10.1. The molecule has 2 aromatic carbocycles. The number of fused-ring (bicyclic) bond motifs is 1. The van der Waals surface area contributed by atoms with Gasteiger partial charge in [0.05, 0.1) is 11.3 Å². The molecule has 38 heavy (non-hydrogen) atoms. The number of benzene rings is 2. The lowest BCUT2D eigenvalue weighted by molar-refractivity contribution is -0.111. The molecular formula is C26H24F2N8O2. The molecule has 1 amide bonds. The molecule has 1 aliphatic heterocycles. The number of amides is 1. The van der Waals surface area contributed by atoms with Crippen LogP contribution in [0.2, 0.25) is 0 Å².